The minimum atomic E-state index is -2.54. The highest BCUT2D eigenvalue weighted by atomic mass is 28.4. The lowest BCUT2D eigenvalue weighted by Crippen LogP contribution is -2.66. The van der Waals surface area contributed by atoms with Gasteiger partial charge in [0.25, 0.3) is 8.32 Å². The molecule has 0 atom stereocenters. The number of hydrogen-bond donors (Lipinski definition) is 0. The van der Waals surface area contributed by atoms with Crippen LogP contribution in [0.5, 0.6) is 5.75 Å². The summed E-state index contributed by atoms with van der Waals surface area (Å²) in [6.45, 7) is 10.8. The average Bonchev–Trinajstić information content (AvgIpc) is 2.97. The summed E-state index contributed by atoms with van der Waals surface area (Å²) in [5.41, 5.74) is -0.455. The van der Waals surface area contributed by atoms with Gasteiger partial charge in [-0.05, 0) is 34.3 Å². The zero-order valence-corrected chi connectivity index (χ0v) is 27.1. The number of carbonyl (C=O) groups excluding carboxylic acids is 1. The van der Waals surface area contributed by atoms with Crippen LogP contribution in [0.25, 0.3) is 0 Å². The molecule has 0 aliphatic carbocycles. The molecule has 0 amide bonds. The van der Waals surface area contributed by atoms with Gasteiger partial charge < -0.3 is 18.3 Å². The molecule has 3 rings (SSSR count). The van der Waals surface area contributed by atoms with Gasteiger partial charge >= 0.3 is 11.6 Å². The molecule has 0 spiro atoms. The molecule has 7 heteroatoms. The average molecular weight is 601 g/mol. The third kappa shape index (κ3) is 10.1. The van der Waals surface area contributed by atoms with Crippen LogP contribution in [0.4, 0.5) is 0 Å². The van der Waals surface area contributed by atoms with E-state index in [9.17, 15) is 9.59 Å². The quantitative estimate of drug-likeness (QED) is 0.0686. The van der Waals surface area contributed by atoms with Crippen LogP contribution < -0.4 is 20.7 Å². The Morgan fingerprint density at radius 3 is 2.14 bits per heavy atom. The second-order valence-electron chi connectivity index (χ2n) is 11.3. The monoisotopic (exact) mass is 600 g/mol. The van der Waals surface area contributed by atoms with E-state index in [1.165, 1.54) is 23.4 Å². The number of hydrogen-bond acceptors (Lipinski definition) is 6. The first-order chi connectivity index (χ1) is 20.7. The zero-order valence-electron chi connectivity index (χ0n) is 26.1. The standard InChI is InChI=1S/C36H44O6Si/c1-6-30(24-26-39-29(2)37)41-32-27-31(42-35(38)28-32)19-13-9-7-8-10-18-25-40-43(36(3,4)5,33-20-14-11-15-21-33)34-22-16-12-17-23-34/h11-12,14-17,20-24,27-28H,6-7,9,13,18-19,25-26H2,1-5H3/b30-24-. The third-order valence-electron chi connectivity index (χ3n) is 7.05. The van der Waals surface area contributed by atoms with Crippen molar-refractivity contribution in [1.82, 2.24) is 0 Å². The minimum absolute atomic E-state index is 0.0568. The Kier molecular flexibility index (Phi) is 13.1. The van der Waals surface area contributed by atoms with E-state index in [1.54, 1.807) is 12.1 Å². The van der Waals surface area contributed by atoms with Crippen molar-refractivity contribution in [1.29, 1.82) is 0 Å². The summed E-state index contributed by atoms with van der Waals surface area (Å²) >= 11 is 0. The van der Waals surface area contributed by atoms with Gasteiger partial charge in [0.1, 0.15) is 23.9 Å². The second kappa shape index (κ2) is 16.7. The number of ether oxygens (including phenoxy) is 2. The van der Waals surface area contributed by atoms with Gasteiger partial charge in [-0.25, -0.2) is 4.79 Å². The first-order valence-corrected chi connectivity index (χ1v) is 16.9. The predicted molar refractivity (Wildman–Crippen MR) is 174 cm³/mol. The Morgan fingerprint density at radius 1 is 0.930 bits per heavy atom. The molecule has 0 bridgehead atoms. The number of allylic oxidation sites excluding steroid dienone is 1. The number of esters is 1. The first-order valence-electron chi connectivity index (χ1n) is 15.0. The molecule has 2 aromatic carbocycles. The van der Waals surface area contributed by atoms with E-state index in [-0.39, 0.29) is 17.6 Å². The molecule has 228 valence electrons. The highest BCUT2D eigenvalue weighted by molar-refractivity contribution is 6.99. The lowest BCUT2D eigenvalue weighted by molar-refractivity contribution is -0.139. The number of rotatable bonds is 14. The molecule has 6 nitrogen and oxygen atoms in total. The van der Waals surface area contributed by atoms with Crippen molar-refractivity contribution in [2.24, 2.45) is 0 Å². The van der Waals surface area contributed by atoms with Gasteiger partial charge in [0.15, 0.2) is 0 Å². The van der Waals surface area contributed by atoms with Crippen molar-refractivity contribution in [3.05, 3.63) is 101 Å². The van der Waals surface area contributed by atoms with E-state index in [0.717, 1.165) is 19.3 Å². The van der Waals surface area contributed by atoms with Crippen LogP contribution >= 0.6 is 0 Å². The van der Waals surface area contributed by atoms with Gasteiger partial charge in [-0.15, -0.1) is 11.8 Å². The maximum atomic E-state index is 12.1. The van der Waals surface area contributed by atoms with Crippen LogP contribution in [-0.4, -0.2) is 27.5 Å². The van der Waals surface area contributed by atoms with E-state index >= 15 is 0 Å². The normalized spacial score (nSPS) is 11.9. The van der Waals surface area contributed by atoms with Crippen molar-refractivity contribution >= 4 is 24.7 Å². The second-order valence-corrected chi connectivity index (χ2v) is 15.6. The van der Waals surface area contributed by atoms with E-state index < -0.39 is 13.9 Å². The predicted octanol–water partition coefficient (Wildman–Crippen LogP) is 6.56. The minimum Gasteiger partial charge on any atom is -0.462 e. The summed E-state index contributed by atoms with van der Waals surface area (Å²) in [7, 11) is -2.54. The van der Waals surface area contributed by atoms with Crippen LogP contribution in [0.3, 0.4) is 0 Å². The topological polar surface area (TPSA) is 75.0 Å². The van der Waals surface area contributed by atoms with Gasteiger partial charge in [-0.2, -0.15) is 0 Å². The Balaban J connectivity index is 1.52. The van der Waals surface area contributed by atoms with Crippen molar-refractivity contribution in [3.63, 3.8) is 0 Å². The van der Waals surface area contributed by atoms with Gasteiger partial charge in [-0.1, -0.05) is 88.4 Å². The molecule has 1 heterocycles. The van der Waals surface area contributed by atoms with E-state index in [0.29, 0.717) is 43.1 Å². The zero-order chi connectivity index (χ0) is 31.1. The number of unbranched alkanes of at least 4 members (excludes halogenated alkanes) is 2. The Labute approximate surface area is 257 Å². The van der Waals surface area contributed by atoms with Crippen molar-refractivity contribution in [3.8, 4) is 17.6 Å². The summed E-state index contributed by atoms with van der Waals surface area (Å²) in [5, 5.41) is 2.48. The molecule has 0 fully saturated rings. The number of carbonyl (C=O) groups is 1. The molecule has 0 saturated heterocycles. The molecule has 0 saturated carbocycles. The Morgan fingerprint density at radius 2 is 1.56 bits per heavy atom. The van der Waals surface area contributed by atoms with Crippen LogP contribution in [0.2, 0.25) is 5.04 Å². The molecule has 3 aromatic rings. The molecule has 0 aliphatic heterocycles. The fraction of sp³-hybridized carbons (Fsp3) is 0.389. The largest absolute Gasteiger partial charge is 0.462 e. The molecule has 0 radical (unpaired) electrons. The summed E-state index contributed by atoms with van der Waals surface area (Å²) in [6.07, 6.45) is 6.06. The van der Waals surface area contributed by atoms with Crippen LogP contribution in [0.15, 0.2) is 93.8 Å². The van der Waals surface area contributed by atoms with Crippen LogP contribution in [-0.2, 0) is 20.4 Å². The Bertz CT molecular complexity index is 1400. The van der Waals surface area contributed by atoms with E-state index in [1.807, 2.05) is 6.92 Å². The van der Waals surface area contributed by atoms with Crippen molar-refractivity contribution < 1.29 is 23.1 Å². The SMILES string of the molecule is CC/C(=C/COC(C)=O)Oc1cc(CCCCC#CCCO[Si](c2ccccc2)(c2ccccc2)C(C)(C)C)oc(=O)c1. The van der Waals surface area contributed by atoms with Gasteiger partial charge in [0, 0.05) is 45.3 Å². The summed E-state index contributed by atoms with van der Waals surface area (Å²) in [4.78, 5) is 23.0. The summed E-state index contributed by atoms with van der Waals surface area (Å²) < 4.78 is 23.0. The van der Waals surface area contributed by atoms with Gasteiger partial charge in [-0.3, -0.25) is 4.79 Å². The fourth-order valence-corrected chi connectivity index (χ4v) is 9.62. The molecular weight excluding hydrogens is 556 g/mol. The van der Waals surface area contributed by atoms with Gasteiger partial charge in [0.05, 0.1) is 6.07 Å². The van der Waals surface area contributed by atoms with E-state index in [4.69, 9.17) is 18.3 Å². The smallest absolute Gasteiger partial charge is 0.339 e. The maximum absolute atomic E-state index is 12.1. The maximum Gasteiger partial charge on any atom is 0.339 e. The summed E-state index contributed by atoms with van der Waals surface area (Å²) in [5.74, 6) is 7.83. The highest BCUT2D eigenvalue weighted by Gasteiger charge is 2.49. The molecule has 43 heavy (non-hydrogen) atoms. The summed E-state index contributed by atoms with van der Waals surface area (Å²) in [6, 6.07) is 24.3. The van der Waals surface area contributed by atoms with E-state index in [2.05, 4.69) is 93.3 Å². The molecule has 1 aromatic heterocycles. The lowest BCUT2D eigenvalue weighted by atomic mass is 10.1. The number of benzene rings is 2. The third-order valence-corrected chi connectivity index (χ3v) is 12.1. The van der Waals surface area contributed by atoms with Crippen molar-refractivity contribution in [2.75, 3.05) is 13.2 Å². The number of aryl methyl sites for hydroxylation is 1. The highest BCUT2D eigenvalue weighted by Crippen LogP contribution is 2.36. The Hall–Kier alpha value is -3.86. The molecular formula is C36H44O6Si. The van der Waals surface area contributed by atoms with Gasteiger partial charge in [0.2, 0.25) is 0 Å². The van der Waals surface area contributed by atoms with Crippen molar-refractivity contribution in [2.45, 2.75) is 78.2 Å². The van der Waals surface area contributed by atoms with Crippen LogP contribution in [0, 0.1) is 11.8 Å². The molecule has 0 N–H and O–H groups in total. The lowest BCUT2D eigenvalue weighted by Gasteiger charge is -2.43. The van der Waals surface area contributed by atoms with Crippen LogP contribution in [0.1, 0.15) is 72.5 Å². The fourth-order valence-electron chi connectivity index (χ4n) is 5.05. The molecule has 0 aliphatic rings. The first kappa shape index (κ1) is 33.6. The molecule has 0 unspecified atom stereocenters.